The van der Waals surface area contributed by atoms with Crippen LogP contribution in [0.2, 0.25) is 0 Å². The van der Waals surface area contributed by atoms with E-state index in [2.05, 4.69) is 20.9 Å². The first kappa shape index (κ1) is 21.9. The zero-order valence-electron chi connectivity index (χ0n) is 19.1. The van der Waals surface area contributed by atoms with Gasteiger partial charge in [-0.25, -0.2) is 9.97 Å². The molecule has 1 atom stereocenters. The topological polar surface area (TPSA) is 84.4 Å². The second-order valence-corrected chi connectivity index (χ2v) is 8.35. The van der Waals surface area contributed by atoms with Gasteiger partial charge in [0.05, 0.1) is 13.2 Å². The van der Waals surface area contributed by atoms with Crippen LogP contribution in [-0.2, 0) is 0 Å². The number of rotatable bonds is 7. The maximum atomic E-state index is 8.94. The number of nitrogens with zero attached hydrogens (tertiary/aromatic N) is 4. The van der Waals surface area contributed by atoms with Gasteiger partial charge in [0, 0.05) is 30.6 Å². The number of furan rings is 1. The molecule has 0 saturated carbocycles. The number of hydrogen-bond acceptors (Lipinski definition) is 7. The number of aromatic nitrogens is 2. The number of benzene rings is 2. The summed E-state index contributed by atoms with van der Waals surface area (Å²) in [6, 6.07) is 20.1. The van der Waals surface area contributed by atoms with Crippen molar-refractivity contribution in [3.8, 4) is 40.1 Å². The summed E-state index contributed by atoms with van der Waals surface area (Å²) in [6.45, 7) is 2.52. The number of methoxy groups -OCH3 is 1. The Bertz CT molecular complexity index is 1300. The van der Waals surface area contributed by atoms with Crippen LogP contribution in [0.3, 0.4) is 0 Å². The summed E-state index contributed by atoms with van der Waals surface area (Å²) in [6.07, 6.45) is 3.97. The van der Waals surface area contributed by atoms with Crippen molar-refractivity contribution < 1.29 is 13.9 Å². The second-order valence-electron chi connectivity index (χ2n) is 8.35. The van der Waals surface area contributed by atoms with E-state index in [0.29, 0.717) is 18.0 Å². The van der Waals surface area contributed by atoms with Crippen LogP contribution in [0.15, 0.2) is 65.3 Å². The van der Waals surface area contributed by atoms with E-state index < -0.39 is 0 Å². The fourth-order valence-corrected chi connectivity index (χ4v) is 4.50. The van der Waals surface area contributed by atoms with E-state index in [0.717, 1.165) is 66.1 Å². The fourth-order valence-electron chi connectivity index (χ4n) is 4.50. The lowest BCUT2D eigenvalue weighted by Crippen LogP contribution is -2.41. The Kier molecular flexibility index (Phi) is 6.41. The Hall–Kier alpha value is -3.89. The third-order valence-electron chi connectivity index (χ3n) is 6.15. The van der Waals surface area contributed by atoms with Crippen molar-refractivity contribution in [3.63, 3.8) is 0 Å². The Morgan fingerprint density at radius 3 is 2.68 bits per heavy atom. The standard InChI is InChI=1S/C27H26N4O3/c1-32-21-12-10-19(11-13-21)23-24-26(33-22-9-5-15-31(17-22)16-6-14-28)29-18-30-27(24)34-25(23)20-7-3-2-4-8-20/h2-4,7-8,10-13,18,22H,5-6,9,15-17H2,1H3. The first-order valence-corrected chi connectivity index (χ1v) is 11.5. The van der Waals surface area contributed by atoms with Crippen molar-refractivity contribution >= 4 is 11.1 Å². The molecule has 0 aliphatic carbocycles. The van der Waals surface area contributed by atoms with Crippen LogP contribution in [0.1, 0.15) is 19.3 Å². The van der Waals surface area contributed by atoms with Crippen LogP contribution >= 0.6 is 0 Å². The minimum Gasteiger partial charge on any atom is -0.497 e. The van der Waals surface area contributed by atoms with E-state index >= 15 is 0 Å². The third kappa shape index (κ3) is 4.45. The minimum atomic E-state index is -0.00987. The molecule has 7 nitrogen and oxygen atoms in total. The Morgan fingerprint density at radius 2 is 1.91 bits per heavy atom. The van der Waals surface area contributed by atoms with Gasteiger partial charge in [-0.3, -0.25) is 4.90 Å². The monoisotopic (exact) mass is 454 g/mol. The molecular formula is C27H26N4O3. The Morgan fingerprint density at radius 1 is 1.09 bits per heavy atom. The van der Waals surface area contributed by atoms with Crippen LogP contribution in [0, 0.1) is 11.3 Å². The van der Waals surface area contributed by atoms with E-state index in [1.165, 1.54) is 6.33 Å². The summed E-state index contributed by atoms with van der Waals surface area (Å²) in [7, 11) is 1.65. The average molecular weight is 455 g/mol. The minimum absolute atomic E-state index is 0.00987. The highest BCUT2D eigenvalue weighted by atomic mass is 16.5. The molecule has 4 aromatic rings. The van der Waals surface area contributed by atoms with Gasteiger partial charge >= 0.3 is 0 Å². The summed E-state index contributed by atoms with van der Waals surface area (Å²) < 4.78 is 18.1. The van der Waals surface area contributed by atoms with Gasteiger partial charge in [-0.2, -0.15) is 5.26 Å². The fraction of sp³-hybridized carbons (Fsp3) is 0.296. The van der Waals surface area contributed by atoms with Crippen molar-refractivity contribution in [2.45, 2.75) is 25.4 Å². The zero-order valence-corrected chi connectivity index (χ0v) is 19.1. The van der Waals surface area contributed by atoms with Gasteiger partial charge in [0.15, 0.2) is 0 Å². The van der Waals surface area contributed by atoms with Gasteiger partial charge in [0.1, 0.15) is 29.3 Å². The lowest BCUT2D eigenvalue weighted by molar-refractivity contribution is 0.0876. The van der Waals surface area contributed by atoms with Crippen LogP contribution in [0.5, 0.6) is 11.6 Å². The molecule has 0 amide bonds. The molecule has 1 aliphatic rings. The van der Waals surface area contributed by atoms with Crippen molar-refractivity contribution in [2.24, 2.45) is 0 Å². The molecule has 0 N–H and O–H groups in total. The van der Waals surface area contributed by atoms with Crippen LogP contribution in [0.4, 0.5) is 0 Å². The van der Waals surface area contributed by atoms with Gasteiger partial charge in [-0.1, -0.05) is 42.5 Å². The number of likely N-dealkylation sites (tertiary alicyclic amines) is 1. The third-order valence-corrected chi connectivity index (χ3v) is 6.15. The van der Waals surface area contributed by atoms with Crippen molar-refractivity contribution in [3.05, 3.63) is 60.9 Å². The molecule has 1 aliphatic heterocycles. The van der Waals surface area contributed by atoms with Crippen molar-refractivity contribution in [1.82, 2.24) is 14.9 Å². The van der Waals surface area contributed by atoms with E-state index in [4.69, 9.17) is 19.2 Å². The first-order valence-electron chi connectivity index (χ1n) is 11.5. The largest absolute Gasteiger partial charge is 0.497 e. The van der Waals surface area contributed by atoms with E-state index in [9.17, 15) is 0 Å². The molecular weight excluding hydrogens is 428 g/mol. The average Bonchev–Trinajstić information content (AvgIpc) is 3.29. The number of fused-ring (bicyclic) bond motifs is 1. The normalized spacial score (nSPS) is 16.3. The molecule has 0 bridgehead atoms. The van der Waals surface area contributed by atoms with Crippen molar-refractivity contribution in [2.75, 3.05) is 26.7 Å². The molecule has 7 heteroatoms. The number of nitriles is 1. The predicted octanol–water partition coefficient (Wildman–Crippen LogP) is 5.32. The van der Waals surface area contributed by atoms with E-state index in [-0.39, 0.29) is 6.10 Å². The molecule has 2 aromatic heterocycles. The van der Waals surface area contributed by atoms with Gasteiger partial charge in [0.25, 0.3) is 0 Å². The SMILES string of the molecule is COc1ccc(-c2c(-c3ccccc3)oc3ncnc(OC4CCCN(CCC#N)C4)c23)cc1. The lowest BCUT2D eigenvalue weighted by atomic mass is 9.99. The van der Waals surface area contributed by atoms with E-state index in [1.54, 1.807) is 7.11 Å². The first-order chi connectivity index (χ1) is 16.8. The smallest absolute Gasteiger partial charge is 0.234 e. The molecule has 0 radical (unpaired) electrons. The highest BCUT2D eigenvalue weighted by Crippen LogP contribution is 2.43. The highest BCUT2D eigenvalue weighted by molar-refractivity contribution is 6.03. The summed E-state index contributed by atoms with van der Waals surface area (Å²) >= 11 is 0. The molecule has 2 aromatic carbocycles. The highest BCUT2D eigenvalue weighted by Gasteiger charge is 2.26. The summed E-state index contributed by atoms with van der Waals surface area (Å²) in [5.74, 6) is 2.03. The molecule has 1 fully saturated rings. The van der Waals surface area contributed by atoms with Crippen LogP contribution in [-0.4, -0.2) is 47.7 Å². The van der Waals surface area contributed by atoms with Gasteiger partial charge in [-0.05, 0) is 37.1 Å². The van der Waals surface area contributed by atoms with E-state index in [1.807, 2.05) is 54.6 Å². The molecule has 3 heterocycles. The molecule has 1 saturated heterocycles. The lowest BCUT2D eigenvalue weighted by Gasteiger charge is -2.32. The Balaban J connectivity index is 1.58. The Labute approximate surface area is 198 Å². The summed E-state index contributed by atoms with van der Waals surface area (Å²) in [5.41, 5.74) is 3.32. The number of ether oxygens (including phenoxy) is 2. The number of piperidine rings is 1. The van der Waals surface area contributed by atoms with Gasteiger partial charge in [0.2, 0.25) is 11.6 Å². The zero-order chi connectivity index (χ0) is 23.3. The van der Waals surface area contributed by atoms with Gasteiger partial charge in [-0.15, -0.1) is 0 Å². The maximum Gasteiger partial charge on any atom is 0.234 e. The second kappa shape index (κ2) is 9.94. The van der Waals surface area contributed by atoms with Gasteiger partial charge < -0.3 is 13.9 Å². The molecule has 0 spiro atoms. The molecule has 34 heavy (non-hydrogen) atoms. The van der Waals surface area contributed by atoms with Crippen LogP contribution in [0.25, 0.3) is 33.6 Å². The summed E-state index contributed by atoms with van der Waals surface area (Å²) in [4.78, 5) is 11.2. The van der Waals surface area contributed by atoms with Crippen molar-refractivity contribution in [1.29, 1.82) is 5.26 Å². The quantitative estimate of drug-likeness (QED) is 0.373. The number of hydrogen-bond donors (Lipinski definition) is 0. The van der Waals surface area contributed by atoms with Crippen LogP contribution < -0.4 is 9.47 Å². The maximum absolute atomic E-state index is 8.94. The molecule has 1 unspecified atom stereocenters. The molecule has 172 valence electrons. The summed E-state index contributed by atoms with van der Waals surface area (Å²) in [5, 5.41) is 9.71. The molecule has 5 rings (SSSR count). The predicted molar refractivity (Wildman–Crippen MR) is 130 cm³/mol.